The van der Waals surface area contributed by atoms with Crippen molar-refractivity contribution in [3.63, 3.8) is 0 Å². The molecule has 0 aliphatic heterocycles. The molecule has 0 unspecified atom stereocenters. The van der Waals surface area contributed by atoms with Crippen LogP contribution in [-0.4, -0.2) is 21.0 Å². The maximum Gasteiger partial charge on any atom is 0.282 e. The van der Waals surface area contributed by atoms with Crippen molar-refractivity contribution in [1.82, 2.24) is 9.66 Å². The average molecular weight is 507 g/mol. The first kappa shape index (κ1) is 18.6. The number of fused-ring (bicyclic) bond motifs is 2. The Morgan fingerprint density at radius 3 is 2.67 bits per heavy atom. The van der Waals surface area contributed by atoms with Gasteiger partial charge < -0.3 is 9.52 Å². The van der Waals surface area contributed by atoms with Crippen molar-refractivity contribution in [3.05, 3.63) is 92.3 Å². The van der Waals surface area contributed by atoms with Gasteiger partial charge in [-0.2, -0.15) is 9.78 Å². The molecule has 146 valence electrons. The second-order valence-corrected chi connectivity index (χ2v) is 7.84. The van der Waals surface area contributed by atoms with Gasteiger partial charge in [0.1, 0.15) is 11.3 Å². The number of phenolic OH excluding ortho intramolecular Hbond substituents is 1. The molecule has 0 bridgehead atoms. The summed E-state index contributed by atoms with van der Waals surface area (Å²) in [5.41, 5.74) is 1.73. The Bertz CT molecular complexity index is 1470. The van der Waals surface area contributed by atoms with Crippen molar-refractivity contribution in [2.24, 2.45) is 5.10 Å². The molecular formula is C23H14IN3O3. The zero-order valence-electron chi connectivity index (χ0n) is 15.5. The van der Waals surface area contributed by atoms with Crippen molar-refractivity contribution in [2.75, 3.05) is 0 Å². The number of furan rings is 1. The minimum Gasteiger partial charge on any atom is -0.507 e. The number of aromatic hydroxyl groups is 1. The van der Waals surface area contributed by atoms with Crippen molar-refractivity contribution < 1.29 is 9.52 Å². The fraction of sp³-hybridized carbons (Fsp3) is 0. The summed E-state index contributed by atoms with van der Waals surface area (Å²) >= 11 is 2.04. The smallest absolute Gasteiger partial charge is 0.282 e. The molecule has 0 radical (unpaired) electrons. The first-order valence-corrected chi connectivity index (χ1v) is 10.2. The van der Waals surface area contributed by atoms with Crippen molar-refractivity contribution in [1.29, 1.82) is 0 Å². The Morgan fingerprint density at radius 1 is 1.03 bits per heavy atom. The van der Waals surface area contributed by atoms with Gasteiger partial charge in [-0.1, -0.05) is 30.3 Å². The van der Waals surface area contributed by atoms with Crippen LogP contribution in [0.25, 0.3) is 33.5 Å². The van der Waals surface area contributed by atoms with Gasteiger partial charge in [-0.25, -0.2) is 4.98 Å². The maximum atomic E-state index is 13.2. The maximum absolute atomic E-state index is 13.2. The molecule has 5 aromatic rings. The van der Waals surface area contributed by atoms with Crippen LogP contribution in [0.15, 0.2) is 87.1 Å². The fourth-order valence-corrected chi connectivity index (χ4v) is 3.75. The third kappa shape index (κ3) is 3.26. The zero-order chi connectivity index (χ0) is 20.7. The van der Waals surface area contributed by atoms with E-state index in [1.165, 1.54) is 4.68 Å². The van der Waals surface area contributed by atoms with Crippen LogP contribution in [0.3, 0.4) is 0 Å². The highest BCUT2D eigenvalue weighted by molar-refractivity contribution is 14.1. The lowest BCUT2D eigenvalue weighted by Crippen LogP contribution is -2.20. The van der Waals surface area contributed by atoms with E-state index in [2.05, 4.69) is 10.1 Å². The molecule has 2 heterocycles. The summed E-state index contributed by atoms with van der Waals surface area (Å²) in [6, 6.07) is 21.7. The largest absolute Gasteiger partial charge is 0.507 e. The molecule has 0 atom stereocenters. The molecule has 5 rings (SSSR count). The molecule has 0 saturated heterocycles. The van der Waals surface area contributed by atoms with E-state index in [0.717, 1.165) is 10.9 Å². The number of rotatable bonds is 3. The number of para-hydroxylation sites is 2. The van der Waals surface area contributed by atoms with E-state index in [-0.39, 0.29) is 11.3 Å². The molecule has 3 aromatic carbocycles. The summed E-state index contributed by atoms with van der Waals surface area (Å²) in [6.45, 7) is 0. The van der Waals surface area contributed by atoms with Crippen LogP contribution in [0.4, 0.5) is 0 Å². The number of nitrogens with zero attached hydrogens (tertiary/aromatic N) is 3. The summed E-state index contributed by atoms with van der Waals surface area (Å²) in [7, 11) is 0. The van der Waals surface area contributed by atoms with Crippen LogP contribution in [0.5, 0.6) is 5.75 Å². The normalized spacial score (nSPS) is 11.6. The standard InChI is InChI=1S/C23H14IN3O3/c24-17-11-14(9-10-19(17)28)13-25-27-22(21-12-15-5-1-4-8-20(15)30-21)26-18-7-3-2-6-16(18)23(27)29/h1-13,28H. The molecule has 6 nitrogen and oxygen atoms in total. The van der Waals surface area contributed by atoms with Crippen LogP contribution in [0.2, 0.25) is 0 Å². The van der Waals surface area contributed by atoms with E-state index >= 15 is 0 Å². The van der Waals surface area contributed by atoms with Gasteiger partial charge >= 0.3 is 0 Å². The molecule has 0 fully saturated rings. The van der Waals surface area contributed by atoms with E-state index in [1.54, 1.807) is 42.6 Å². The Hall–Kier alpha value is -3.46. The summed E-state index contributed by atoms with van der Waals surface area (Å²) < 4.78 is 7.90. The second kappa shape index (κ2) is 7.42. The highest BCUT2D eigenvalue weighted by Crippen LogP contribution is 2.27. The topological polar surface area (TPSA) is 80.6 Å². The first-order valence-electron chi connectivity index (χ1n) is 9.14. The predicted molar refractivity (Wildman–Crippen MR) is 125 cm³/mol. The van der Waals surface area contributed by atoms with Gasteiger partial charge in [-0.05, 0) is 70.6 Å². The summed E-state index contributed by atoms with van der Waals surface area (Å²) in [4.78, 5) is 17.9. The number of hydrogen-bond donors (Lipinski definition) is 1. The zero-order valence-corrected chi connectivity index (χ0v) is 17.6. The molecule has 0 saturated carbocycles. The molecule has 1 N–H and O–H groups in total. The Labute approximate surface area is 184 Å². The number of benzene rings is 3. The molecular weight excluding hydrogens is 493 g/mol. The predicted octanol–water partition coefficient (Wildman–Crippen LogP) is 5.00. The lowest BCUT2D eigenvalue weighted by atomic mass is 10.2. The monoisotopic (exact) mass is 507 g/mol. The number of halogens is 1. The van der Waals surface area contributed by atoms with E-state index in [9.17, 15) is 9.90 Å². The number of hydrogen-bond acceptors (Lipinski definition) is 5. The van der Waals surface area contributed by atoms with Crippen molar-refractivity contribution in [2.45, 2.75) is 0 Å². The van der Waals surface area contributed by atoms with Gasteiger partial charge in [0, 0.05) is 5.39 Å². The molecule has 7 heteroatoms. The van der Waals surface area contributed by atoms with Crippen LogP contribution >= 0.6 is 22.6 Å². The Morgan fingerprint density at radius 2 is 1.83 bits per heavy atom. The van der Waals surface area contributed by atoms with Gasteiger partial charge in [-0.3, -0.25) is 4.79 Å². The van der Waals surface area contributed by atoms with Gasteiger partial charge in [0.25, 0.3) is 5.56 Å². The highest BCUT2D eigenvalue weighted by Gasteiger charge is 2.16. The van der Waals surface area contributed by atoms with Gasteiger partial charge in [0.15, 0.2) is 5.76 Å². The van der Waals surface area contributed by atoms with E-state index in [0.29, 0.717) is 31.6 Å². The highest BCUT2D eigenvalue weighted by atomic mass is 127. The number of aromatic nitrogens is 2. The summed E-state index contributed by atoms with van der Waals surface area (Å²) in [5, 5.41) is 15.5. The lowest BCUT2D eigenvalue weighted by molar-refractivity contribution is 0.471. The first-order chi connectivity index (χ1) is 14.6. The third-order valence-corrected chi connectivity index (χ3v) is 5.56. The molecule has 0 aliphatic rings. The molecule has 0 amide bonds. The summed E-state index contributed by atoms with van der Waals surface area (Å²) in [6.07, 6.45) is 1.56. The second-order valence-electron chi connectivity index (χ2n) is 6.67. The van der Waals surface area contributed by atoms with Crippen LogP contribution in [0.1, 0.15) is 5.56 Å². The van der Waals surface area contributed by atoms with Gasteiger partial charge in [0.2, 0.25) is 5.82 Å². The summed E-state index contributed by atoms with van der Waals surface area (Å²) in [5.74, 6) is 0.969. The molecule has 2 aromatic heterocycles. The molecule has 0 aliphatic carbocycles. The Balaban J connectivity index is 1.73. The molecule has 30 heavy (non-hydrogen) atoms. The van der Waals surface area contributed by atoms with E-state index in [4.69, 9.17) is 4.42 Å². The quantitative estimate of drug-likeness (QED) is 0.275. The van der Waals surface area contributed by atoms with E-state index in [1.807, 2.05) is 59.0 Å². The van der Waals surface area contributed by atoms with Gasteiger partial charge in [-0.15, -0.1) is 0 Å². The Kier molecular flexibility index (Phi) is 4.59. The lowest BCUT2D eigenvalue weighted by Gasteiger charge is -2.07. The minimum atomic E-state index is -0.291. The minimum absolute atomic E-state index is 0.195. The van der Waals surface area contributed by atoms with Crippen LogP contribution in [0, 0.1) is 3.57 Å². The fourth-order valence-electron chi connectivity index (χ4n) is 3.21. The van der Waals surface area contributed by atoms with E-state index < -0.39 is 0 Å². The number of phenols is 1. The molecule has 0 spiro atoms. The van der Waals surface area contributed by atoms with Crippen molar-refractivity contribution in [3.8, 4) is 17.3 Å². The van der Waals surface area contributed by atoms with Gasteiger partial charge in [0.05, 0.1) is 20.7 Å². The van der Waals surface area contributed by atoms with Crippen LogP contribution < -0.4 is 5.56 Å². The third-order valence-electron chi connectivity index (χ3n) is 4.69. The average Bonchev–Trinajstić information content (AvgIpc) is 3.19. The van der Waals surface area contributed by atoms with Crippen LogP contribution in [-0.2, 0) is 0 Å². The van der Waals surface area contributed by atoms with Crippen molar-refractivity contribution >= 4 is 50.7 Å². The SMILES string of the molecule is O=c1c2ccccc2nc(-c2cc3ccccc3o2)n1N=Cc1ccc(O)c(I)c1.